The zero-order valence-electron chi connectivity index (χ0n) is 11.1. The number of nitrogens with one attached hydrogen (secondary N) is 1. The minimum atomic E-state index is -0.457. The van der Waals surface area contributed by atoms with E-state index < -0.39 is 5.54 Å². The molecule has 0 spiro atoms. The Bertz CT molecular complexity index is 392. The van der Waals surface area contributed by atoms with Crippen molar-refractivity contribution in [3.8, 4) is 6.07 Å². The van der Waals surface area contributed by atoms with E-state index in [1.54, 1.807) is 0 Å². The van der Waals surface area contributed by atoms with Gasteiger partial charge in [0, 0.05) is 5.69 Å². The molecule has 1 rings (SSSR count). The summed E-state index contributed by atoms with van der Waals surface area (Å²) in [4.78, 5) is 0. The van der Waals surface area contributed by atoms with Gasteiger partial charge in [0.1, 0.15) is 5.54 Å². The molecule has 1 atom stereocenters. The van der Waals surface area contributed by atoms with Crippen molar-refractivity contribution < 1.29 is 0 Å². The lowest BCUT2D eigenvalue weighted by atomic mass is 9.95. The first-order valence-electron chi connectivity index (χ1n) is 6.36. The van der Waals surface area contributed by atoms with Gasteiger partial charge in [0.25, 0.3) is 0 Å². The van der Waals surface area contributed by atoms with Crippen LogP contribution in [0.25, 0.3) is 0 Å². The Labute approximate surface area is 105 Å². The molecule has 0 saturated carbocycles. The quantitative estimate of drug-likeness (QED) is 0.741. The maximum Gasteiger partial charge on any atom is 0.122 e. The van der Waals surface area contributed by atoms with Crippen LogP contribution in [0.4, 0.5) is 5.69 Å². The maximum atomic E-state index is 9.32. The normalized spacial score (nSPS) is 13.8. The van der Waals surface area contributed by atoms with Gasteiger partial charge < -0.3 is 5.32 Å². The summed E-state index contributed by atoms with van der Waals surface area (Å²) in [6, 6.07) is 10.5. The highest BCUT2D eigenvalue weighted by atomic mass is 15.0. The van der Waals surface area contributed by atoms with Gasteiger partial charge >= 0.3 is 0 Å². The smallest absolute Gasteiger partial charge is 0.122 e. The molecule has 1 N–H and O–H groups in total. The summed E-state index contributed by atoms with van der Waals surface area (Å²) in [5, 5.41) is 12.7. The summed E-state index contributed by atoms with van der Waals surface area (Å²) < 4.78 is 0. The van der Waals surface area contributed by atoms with Crippen molar-refractivity contribution in [2.45, 2.75) is 52.0 Å². The van der Waals surface area contributed by atoms with Gasteiger partial charge in [-0.25, -0.2) is 0 Å². The first-order chi connectivity index (χ1) is 8.11. The highest BCUT2D eigenvalue weighted by Crippen LogP contribution is 2.23. The molecule has 2 heteroatoms. The monoisotopic (exact) mass is 230 g/mol. The minimum absolute atomic E-state index is 0.457. The average molecular weight is 230 g/mol. The molecule has 0 aromatic heterocycles. The number of nitriles is 1. The molecule has 1 aromatic carbocycles. The first-order valence-corrected chi connectivity index (χ1v) is 6.36. The molecule has 0 fully saturated rings. The van der Waals surface area contributed by atoms with Gasteiger partial charge in [0.05, 0.1) is 6.07 Å². The number of aryl methyl sites for hydroxylation is 1. The van der Waals surface area contributed by atoms with Crippen molar-refractivity contribution in [2.75, 3.05) is 5.32 Å². The van der Waals surface area contributed by atoms with Crippen LogP contribution in [0.2, 0.25) is 0 Å². The van der Waals surface area contributed by atoms with Crippen LogP contribution in [0.1, 0.15) is 45.1 Å². The van der Waals surface area contributed by atoms with E-state index in [-0.39, 0.29) is 0 Å². The maximum absolute atomic E-state index is 9.32. The van der Waals surface area contributed by atoms with E-state index in [1.807, 2.05) is 25.1 Å². The Morgan fingerprint density at radius 3 is 2.59 bits per heavy atom. The lowest BCUT2D eigenvalue weighted by Crippen LogP contribution is -2.33. The second kappa shape index (κ2) is 6.30. The second-order valence-corrected chi connectivity index (χ2v) is 4.84. The Kier molecular flexibility index (Phi) is 5.03. The van der Waals surface area contributed by atoms with Crippen LogP contribution in [0.5, 0.6) is 0 Å². The SMILES string of the molecule is CCCCCC(C)(C#N)Nc1ccccc1C. The van der Waals surface area contributed by atoms with Crippen molar-refractivity contribution in [3.63, 3.8) is 0 Å². The number of nitrogens with zero attached hydrogens (tertiary/aromatic N) is 1. The molecule has 0 aliphatic rings. The predicted octanol–water partition coefficient (Wildman–Crippen LogP) is 4.27. The third-order valence-corrected chi connectivity index (χ3v) is 3.08. The highest BCUT2D eigenvalue weighted by molar-refractivity contribution is 5.53. The van der Waals surface area contributed by atoms with Crippen molar-refractivity contribution in [3.05, 3.63) is 29.8 Å². The number of anilines is 1. The van der Waals surface area contributed by atoms with Crippen LogP contribution in [-0.4, -0.2) is 5.54 Å². The van der Waals surface area contributed by atoms with Crippen LogP contribution in [0.3, 0.4) is 0 Å². The van der Waals surface area contributed by atoms with E-state index in [1.165, 1.54) is 18.4 Å². The molecule has 0 heterocycles. The third-order valence-electron chi connectivity index (χ3n) is 3.08. The molecule has 0 saturated heterocycles. The van der Waals surface area contributed by atoms with Gasteiger partial charge in [-0.05, 0) is 31.9 Å². The molecule has 0 aliphatic heterocycles. The molecule has 0 radical (unpaired) electrons. The average Bonchev–Trinajstić information content (AvgIpc) is 2.33. The lowest BCUT2D eigenvalue weighted by Gasteiger charge is -2.25. The first kappa shape index (κ1) is 13.6. The molecule has 0 bridgehead atoms. The molecule has 0 amide bonds. The van der Waals surface area contributed by atoms with Crippen molar-refractivity contribution in [2.24, 2.45) is 0 Å². The third kappa shape index (κ3) is 4.11. The van der Waals surface area contributed by atoms with Crippen molar-refractivity contribution in [1.29, 1.82) is 5.26 Å². The molecule has 1 unspecified atom stereocenters. The summed E-state index contributed by atoms with van der Waals surface area (Å²) in [6.07, 6.45) is 4.36. The number of para-hydroxylation sites is 1. The Balaban J connectivity index is 2.69. The molecule has 0 aliphatic carbocycles. The van der Waals surface area contributed by atoms with E-state index >= 15 is 0 Å². The Hall–Kier alpha value is -1.49. The van der Waals surface area contributed by atoms with E-state index in [9.17, 15) is 5.26 Å². The molecule has 2 nitrogen and oxygen atoms in total. The highest BCUT2D eigenvalue weighted by Gasteiger charge is 2.23. The number of rotatable bonds is 6. The van der Waals surface area contributed by atoms with E-state index in [0.717, 1.165) is 18.5 Å². The van der Waals surface area contributed by atoms with E-state index in [2.05, 4.69) is 31.3 Å². The van der Waals surface area contributed by atoms with Gasteiger partial charge in [0.2, 0.25) is 0 Å². The van der Waals surface area contributed by atoms with Gasteiger partial charge in [-0.15, -0.1) is 0 Å². The van der Waals surface area contributed by atoms with E-state index in [0.29, 0.717) is 0 Å². The summed E-state index contributed by atoms with van der Waals surface area (Å²) >= 11 is 0. The second-order valence-electron chi connectivity index (χ2n) is 4.84. The fraction of sp³-hybridized carbons (Fsp3) is 0.533. The predicted molar refractivity (Wildman–Crippen MR) is 73.0 cm³/mol. The van der Waals surface area contributed by atoms with Crippen LogP contribution in [0, 0.1) is 18.3 Å². The summed E-state index contributed by atoms with van der Waals surface area (Å²) in [5.74, 6) is 0. The topological polar surface area (TPSA) is 35.8 Å². The van der Waals surface area contributed by atoms with Crippen LogP contribution >= 0.6 is 0 Å². The van der Waals surface area contributed by atoms with Gasteiger partial charge in [-0.1, -0.05) is 44.4 Å². The summed E-state index contributed by atoms with van der Waals surface area (Å²) in [6.45, 7) is 6.22. The molecule has 92 valence electrons. The standard InChI is InChI=1S/C15H22N2/c1-4-5-8-11-15(3,12-16)17-14-10-7-6-9-13(14)2/h6-7,9-10,17H,4-5,8,11H2,1-3H3. The summed E-state index contributed by atoms with van der Waals surface area (Å²) in [7, 11) is 0. The number of unbranched alkanes of at least 4 members (excludes halogenated alkanes) is 2. The zero-order valence-corrected chi connectivity index (χ0v) is 11.1. The van der Waals surface area contributed by atoms with Crippen LogP contribution in [0.15, 0.2) is 24.3 Å². The fourth-order valence-electron chi connectivity index (χ4n) is 1.89. The van der Waals surface area contributed by atoms with Crippen molar-refractivity contribution in [1.82, 2.24) is 0 Å². The largest absolute Gasteiger partial charge is 0.367 e. The molecular formula is C15H22N2. The number of hydrogen-bond acceptors (Lipinski definition) is 2. The van der Waals surface area contributed by atoms with Crippen molar-refractivity contribution >= 4 is 5.69 Å². The van der Waals surface area contributed by atoms with Crippen LogP contribution < -0.4 is 5.32 Å². The zero-order chi connectivity index (χ0) is 12.7. The van der Waals surface area contributed by atoms with E-state index in [4.69, 9.17) is 0 Å². The van der Waals surface area contributed by atoms with Gasteiger partial charge in [-0.2, -0.15) is 5.26 Å². The Morgan fingerprint density at radius 1 is 1.29 bits per heavy atom. The lowest BCUT2D eigenvalue weighted by molar-refractivity contribution is 0.538. The van der Waals surface area contributed by atoms with Gasteiger partial charge in [0.15, 0.2) is 0 Å². The van der Waals surface area contributed by atoms with Crippen LogP contribution in [-0.2, 0) is 0 Å². The minimum Gasteiger partial charge on any atom is -0.367 e. The fourth-order valence-corrected chi connectivity index (χ4v) is 1.89. The molecule has 1 aromatic rings. The Morgan fingerprint density at radius 2 is 2.00 bits per heavy atom. The summed E-state index contributed by atoms with van der Waals surface area (Å²) in [5.41, 5.74) is 1.79. The molecule has 17 heavy (non-hydrogen) atoms. The number of benzene rings is 1. The van der Waals surface area contributed by atoms with Gasteiger partial charge in [-0.3, -0.25) is 0 Å². The molecular weight excluding hydrogens is 208 g/mol. The number of hydrogen-bond donors (Lipinski definition) is 1.